The van der Waals surface area contributed by atoms with Crippen molar-refractivity contribution in [1.82, 2.24) is 0 Å². The third kappa shape index (κ3) is 3.00. The highest BCUT2D eigenvalue weighted by Crippen LogP contribution is 2.24. The van der Waals surface area contributed by atoms with Gasteiger partial charge in [0.2, 0.25) is 5.22 Å². The summed E-state index contributed by atoms with van der Waals surface area (Å²) in [6.07, 6.45) is 1.20. The number of amides is 1. The maximum Gasteiger partial charge on any atom is 0.338 e. The molecule has 1 heterocycles. The molecule has 0 saturated heterocycles. The van der Waals surface area contributed by atoms with Crippen LogP contribution < -0.4 is 5.32 Å². The normalized spacial score (nSPS) is 10.1. The lowest BCUT2D eigenvalue weighted by Crippen LogP contribution is -2.14. The fourth-order valence-electron chi connectivity index (χ4n) is 1.58. The molecule has 108 valence electrons. The number of halogens is 1. The van der Waals surface area contributed by atoms with Crippen LogP contribution in [0.15, 0.2) is 34.9 Å². The minimum atomic E-state index is -1.41. The van der Waals surface area contributed by atoms with E-state index in [4.69, 9.17) is 21.1 Å². The van der Waals surface area contributed by atoms with Crippen LogP contribution in [0.25, 0.3) is 0 Å². The molecule has 2 N–H and O–H groups in total. The number of hydrogen-bond donors (Lipinski definition) is 2. The van der Waals surface area contributed by atoms with Crippen molar-refractivity contribution in [2.75, 3.05) is 5.32 Å². The van der Waals surface area contributed by atoms with Gasteiger partial charge in [-0.3, -0.25) is 14.9 Å². The highest BCUT2D eigenvalue weighted by atomic mass is 35.5. The van der Waals surface area contributed by atoms with E-state index in [9.17, 15) is 19.7 Å². The number of nitrogens with zero attached hydrogens (tertiary/aromatic N) is 1. The van der Waals surface area contributed by atoms with Gasteiger partial charge in [0.05, 0.1) is 28.0 Å². The van der Waals surface area contributed by atoms with Crippen molar-refractivity contribution in [2.24, 2.45) is 0 Å². The topological polar surface area (TPSA) is 123 Å². The first-order valence-electron chi connectivity index (χ1n) is 5.46. The Morgan fingerprint density at radius 3 is 2.52 bits per heavy atom. The van der Waals surface area contributed by atoms with Crippen LogP contribution in [0.4, 0.5) is 11.4 Å². The summed E-state index contributed by atoms with van der Waals surface area (Å²) in [6, 6.07) is 4.38. The molecule has 1 amide bonds. The van der Waals surface area contributed by atoms with Gasteiger partial charge in [-0.1, -0.05) is 0 Å². The first kappa shape index (κ1) is 14.5. The number of carboxylic acid groups (broad SMARTS) is 1. The molecule has 0 unspecified atom stereocenters. The van der Waals surface area contributed by atoms with Gasteiger partial charge in [0.15, 0.2) is 0 Å². The number of hydrogen-bond acceptors (Lipinski definition) is 5. The molecule has 0 aliphatic carbocycles. The number of aromatic carboxylic acids is 1. The number of nitro benzene ring substituents is 1. The summed E-state index contributed by atoms with van der Waals surface area (Å²) >= 11 is 5.64. The number of carbonyl (C=O) groups excluding carboxylic acids is 1. The third-order valence-electron chi connectivity index (χ3n) is 2.56. The van der Waals surface area contributed by atoms with Gasteiger partial charge in [0, 0.05) is 12.1 Å². The molecule has 0 aliphatic heterocycles. The summed E-state index contributed by atoms with van der Waals surface area (Å²) in [7, 11) is 0. The van der Waals surface area contributed by atoms with Crippen LogP contribution in [-0.2, 0) is 0 Å². The van der Waals surface area contributed by atoms with Gasteiger partial charge in [0.1, 0.15) is 0 Å². The predicted octanol–water partition coefficient (Wildman–Crippen LogP) is 2.79. The maximum atomic E-state index is 11.9. The number of carboxylic acids is 1. The Bertz CT molecular complexity index is 739. The van der Waals surface area contributed by atoms with E-state index >= 15 is 0 Å². The third-order valence-corrected chi connectivity index (χ3v) is 2.85. The molecule has 0 atom stereocenters. The van der Waals surface area contributed by atoms with Gasteiger partial charge in [-0.05, 0) is 23.7 Å². The SMILES string of the molecule is O=C(O)c1cc([N+](=O)[O-])ccc1NC(=O)c1ccoc1Cl. The second-order valence-corrected chi connectivity index (χ2v) is 4.20. The van der Waals surface area contributed by atoms with Crippen molar-refractivity contribution in [2.45, 2.75) is 0 Å². The molecule has 1 aromatic heterocycles. The van der Waals surface area contributed by atoms with Gasteiger partial charge in [0.25, 0.3) is 11.6 Å². The Morgan fingerprint density at radius 2 is 2.00 bits per heavy atom. The zero-order valence-corrected chi connectivity index (χ0v) is 11.0. The highest BCUT2D eigenvalue weighted by Gasteiger charge is 2.19. The number of furan rings is 1. The van der Waals surface area contributed by atoms with Gasteiger partial charge < -0.3 is 14.8 Å². The fourth-order valence-corrected chi connectivity index (χ4v) is 1.78. The van der Waals surface area contributed by atoms with Crippen LogP contribution in [0.3, 0.4) is 0 Å². The van der Waals surface area contributed by atoms with Gasteiger partial charge in [-0.2, -0.15) is 0 Å². The number of benzene rings is 1. The van der Waals surface area contributed by atoms with E-state index in [0.29, 0.717) is 0 Å². The first-order chi connectivity index (χ1) is 9.90. The fraction of sp³-hybridized carbons (Fsp3) is 0. The molecular weight excluding hydrogens is 304 g/mol. The molecule has 0 saturated carbocycles. The number of rotatable bonds is 4. The number of anilines is 1. The summed E-state index contributed by atoms with van der Waals surface area (Å²) in [5.41, 5.74) is -0.870. The molecule has 21 heavy (non-hydrogen) atoms. The van der Waals surface area contributed by atoms with Crippen LogP contribution in [0.5, 0.6) is 0 Å². The average molecular weight is 311 g/mol. The zero-order chi connectivity index (χ0) is 15.6. The lowest BCUT2D eigenvalue weighted by molar-refractivity contribution is -0.384. The lowest BCUT2D eigenvalue weighted by Gasteiger charge is -2.07. The summed E-state index contributed by atoms with van der Waals surface area (Å²) < 4.78 is 4.75. The van der Waals surface area contributed by atoms with Crippen LogP contribution >= 0.6 is 11.6 Å². The molecule has 8 nitrogen and oxygen atoms in total. The smallest absolute Gasteiger partial charge is 0.338 e. The van der Waals surface area contributed by atoms with Crippen molar-refractivity contribution in [3.8, 4) is 0 Å². The van der Waals surface area contributed by atoms with Crippen molar-refractivity contribution < 1.29 is 24.0 Å². The summed E-state index contributed by atoms with van der Waals surface area (Å²) in [5, 5.41) is 21.9. The molecule has 0 aliphatic rings. The van der Waals surface area contributed by atoms with E-state index < -0.39 is 28.1 Å². The first-order valence-corrected chi connectivity index (χ1v) is 5.84. The van der Waals surface area contributed by atoms with E-state index in [2.05, 4.69) is 5.32 Å². The summed E-state index contributed by atoms with van der Waals surface area (Å²) in [6.45, 7) is 0. The van der Waals surface area contributed by atoms with Crippen molar-refractivity contribution in [3.63, 3.8) is 0 Å². The largest absolute Gasteiger partial charge is 0.478 e. The molecule has 0 fully saturated rings. The highest BCUT2D eigenvalue weighted by molar-refractivity contribution is 6.32. The van der Waals surface area contributed by atoms with Crippen molar-refractivity contribution in [1.29, 1.82) is 0 Å². The van der Waals surface area contributed by atoms with E-state index in [-0.39, 0.29) is 16.5 Å². The Balaban J connectivity index is 2.36. The minimum Gasteiger partial charge on any atom is -0.478 e. The summed E-state index contributed by atoms with van der Waals surface area (Å²) in [5.74, 6) is -2.10. The van der Waals surface area contributed by atoms with Crippen molar-refractivity contribution in [3.05, 3.63) is 57.0 Å². The maximum absolute atomic E-state index is 11.9. The second-order valence-electron chi connectivity index (χ2n) is 3.85. The lowest BCUT2D eigenvalue weighted by atomic mass is 10.1. The minimum absolute atomic E-state index is 0.0198. The monoisotopic (exact) mass is 310 g/mol. The molecule has 2 rings (SSSR count). The van der Waals surface area contributed by atoms with Crippen LogP contribution in [-0.4, -0.2) is 21.9 Å². The Kier molecular flexibility index (Phi) is 3.90. The molecule has 0 spiro atoms. The summed E-state index contributed by atoms with van der Waals surface area (Å²) in [4.78, 5) is 32.9. The predicted molar refractivity (Wildman–Crippen MR) is 71.7 cm³/mol. The number of nitro groups is 1. The van der Waals surface area contributed by atoms with E-state index in [1.165, 1.54) is 12.3 Å². The zero-order valence-electron chi connectivity index (χ0n) is 10.2. The van der Waals surface area contributed by atoms with E-state index in [0.717, 1.165) is 18.2 Å². The number of non-ortho nitro benzene ring substituents is 1. The number of nitrogens with one attached hydrogen (secondary N) is 1. The Hall–Kier alpha value is -2.87. The molecule has 0 radical (unpaired) electrons. The molecular formula is C12H7ClN2O6. The van der Waals surface area contributed by atoms with Crippen molar-refractivity contribution >= 4 is 34.9 Å². The van der Waals surface area contributed by atoms with E-state index in [1.807, 2.05) is 0 Å². The van der Waals surface area contributed by atoms with Gasteiger partial charge >= 0.3 is 5.97 Å². The standard InChI is InChI=1S/C12H7ClN2O6/c13-10-7(3-4-21-10)11(16)14-9-2-1-6(15(19)20)5-8(9)12(17)18/h1-5H,(H,14,16)(H,17,18). The van der Waals surface area contributed by atoms with Crippen LogP contribution in [0.2, 0.25) is 5.22 Å². The Labute approximate surface area is 122 Å². The van der Waals surface area contributed by atoms with E-state index in [1.54, 1.807) is 0 Å². The Morgan fingerprint density at radius 1 is 1.29 bits per heavy atom. The van der Waals surface area contributed by atoms with Gasteiger partial charge in [-0.15, -0.1) is 0 Å². The average Bonchev–Trinajstić information content (AvgIpc) is 2.85. The number of carbonyl (C=O) groups is 2. The van der Waals surface area contributed by atoms with Crippen LogP contribution in [0.1, 0.15) is 20.7 Å². The molecule has 0 bridgehead atoms. The molecule has 2 aromatic rings. The quantitative estimate of drug-likeness (QED) is 0.661. The van der Waals surface area contributed by atoms with Crippen LogP contribution in [0, 0.1) is 10.1 Å². The molecule has 9 heteroatoms. The van der Waals surface area contributed by atoms with Gasteiger partial charge in [-0.25, -0.2) is 4.79 Å². The molecule has 1 aromatic carbocycles. The second kappa shape index (κ2) is 5.63.